The number of hydrogen-bond donors (Lipinski definition) is 3. The first kappa shape index (κ1) is 18.1. The molecule has 2 aromatic rings. The lowest BCUT2D eigenvalue weighted by Gasteiger charge is -2.25. The molecule has 0 aliphatic heterocycles. The Labute approximate surface area is 133 Å². The second kappa shape index (κ2) is 7.14. The van der Waals surface area contributed by atoms with Crippen LogP contribution in [0.25, 0.3) is 11.0 Å². The minimum Gasteiger partial charge on any atom is -0.394 e. The van der Waals surface area contributed by atoms with Crippen LogP contribution in [-0.4, -0.2) is 63.0 Å². The van der Waals surface area contributed by atoms with E-state index < -0.39 is 50.1 Å². The average molecular weight is 349 g/mol. The van der Waals surface area contributed by atoms with Crippen molar-refractivity contribution < 1.29 is 32.6 Å². The lowest BCUT2D eigenvalue weighted by molar-refractivity contribution is -0.137. The van der Waals surface area contributed by atoms with Crippen molar-refractivity contribution in [2.45, 2.75) is 18.7 Å². The summed E-state index contributed by atoms with van der Waals surface area (Å²) in [6, 6.07) is 1.97. The highest BCUT2D eigenvalue weighted by atomic mass is 19.4. The molecule has 1 aromatic heterocycles. The first-order valence-electron chi connectivity index (χ1n) is 6.99. The fourth-order valence-corrected chi connectivity index (χ4v) is 2.20. The lowest BCUT2D eigenvalue weighted by Crippen LogP contribution is -2.40. The number of fused-ring (bicyclic) bond motifs is 1. The molecule has 3 N–H and O–H groups in total. The Morgan fingerprint density at radius 3 is 2.71 bits per heavy atom. The molecule has 0 unspecified atom stereocenters. The molecule has 6 nitrogen and oxygen atoms in total. The van der Waals surface area contributed by atoms with Crippen molar-refractivity contribution >= 4 is 16.9 Å². The third-order valence-corrected chi connectivity index (χ3v) is 3.31. The molecule has 1 atom stereocenters. The second-order valence-electron chi connectivity index (χ2n) is 5.20. The van der Waals surface area contributed by atoms with Gasteiger partial charge in [0, 0.05) is 13.1 Å². The number of carbonyl (C=O) groups excluding carboxylic acids is 1. The Morgan fingerprint density at radius 2 is 2.08 bits per heavy atom. The average Bonchev–Trinajstić information content (AvgIpc) is 2.96. The summed E-state index contributed by atoms with van der Waals surface area (Å²) in [7, 11) is 0. The molecule has 0 bridgehead atoms. The zero-order valence-corrected chi connectivity index (χ0v) is 12.3. The Hall–Kier alpha value is -2.20. The molecule has 0 aliphatic carbocycles. The summed E-state index contributed by atoms with van der Waals surface area (Å²) >= 11 is 0. The smallest absolute Gasteiger partial charge is 0.390 e. The van der Waals surface area contributed by atoms with Crippen LogP contribution in [0.5, 0.6) is 0 Å². The molecule has 0 spiro atoms. The molecule has 1 heterocycles. The molecular formula is C14H15F4N3O3. The number of amides is 1. The molecule has 0 saturated heterocycles. The third kappa shape index (κ3) is 4.42. The van der Waals surface area contributed by atoms with E-state index in [1.807, 2.05) is 0 Å². The number of nitrogens with one attached hydrogen (secondary N) is 1. The van der Waals surface area contributed by atoms with Crippen LogP contribution in [0.1, 0.15) is 16.8 Å². The van der Waals surface area contributed by atoms with Crippen LogP contribution in [0.15, 0.2) is 18.5 Å². The van der Waals surface area contributed by atoms with Gasteiger partial charge in [0.15, 0.2) is 0 Å². The molecule has 1 aromatic carbocycles. The van der Waals surface area contributed by atoms with Gasteiger partial charge < -0.3 is 20.1 Å². The van der Waals surface area contributed by atoms with E-state index in [-0.39, 0.29) is 16.6 Å². The Balaban J connectivity index is 2.32. The van der Waals surface area contributed by atoms with Gasteiger partial charge in [0.05, 0.1) is 36.5 Å². The number of hydrogen-bond acceptors (Lipinski definition) is 4. The van der Waals surface area contributed by atoms with Crippen molar-refractivity contribution in [2.24, 2.45) is 0 Å². The van der Waals surface area contributed by atoms with Crippen molar-refractivity contribution in [2.75, 3.05) is 19.7 Å². The number of alkyl halides is 3. The van der Waals surface area contributed by atoms with Crippen molar-refractivity contribution in [1.29, 1.82) is 0 Å². The van der Waals surface area contributed by atoms with Crippen molar-refractivity contribution in [3.8, 4) is 0 Å². The normalized spacial score (nSPS) is 13.2. The van der Waals surface area contributed by atoms with Gasteiger partial charge in [-0.25, -0.2) is 9.37 Å². The molecule has 2 rings (SSSR count). The van der Waals surface area contributed by atoms with Gasteiger partial charge in [0.25, 0.3) is 5.91 Å². The number of imidazole rings is 1. The maximum Gasteiger partial charge on any atom is 0.390 e. The maximum absolute atomic E-state index is 13.6. The highest BCUT2D eigenvalue weighted by Gasteiger charge is 2.30. The number of rotatable bonds is 6. The number of H-pyrrole nitrogens is 1. The van der Waals surface area contributed by atoms with Crippen molar-refractivity contribution in [3.05, 3.63) is 29.8 Å². The van der Waals surface area contributed by atoms with Gasteiger partial charge in [0.1, 0.15) is 11.3 Å². The molecule has 0 saturated carbocycles. The van der Waals surface area contributed by atoms with Crippen LogP contribution in [0.2, 0.25) is 0 Å². The molecule has 132 valence electrons. The number of halogens is 4. The number of aliphatic hydroxyl groups excluding tert-OH is 2. The van der Waals surface area contributed by atoms with Crippen LogP contribution >= 0.6 is 0 Å². The molecular weight excluding hydrogens is 334 g/mol. The maximum atomic E-state index is 13.6. The second-order valence-corrected chi connectivity index (χ2v) is 5.20. The number of aromatic nitrogens is 2. The van der Waals surface area contributed by atoms with Crippen LogP contribution < -0.4 is 0 Å². The molecule has 0 radical (unpaired) electrons. The van der Waals surface area contributed by atoms with Crippen LogP contribution in [-0.2, 0) is 0 Å². The standard InChI is InChI=1S/C14H15F4N3O3/c15-8-3-10(12-11(4-8)19-7-20-12)13(24)21(5-9(23)6-22)2-1-14(16,17)18/h3-4,7,9,22-23H,1-2,5-6H2,(H,19,20)/t9-/m0/s1. The predicted molar refractivity (Wildman–Crippen MR) is 75.7 cm³/mol. The monoisotopic (exact) mass is 349 g/mol. The molecule has 24 heavy (non-hydrogen) atoms. The van der Waals surface area contributed by atoms with Crippen LogP contribution in [0.3, 0.4) is 0 Å². The summed E-state index contributed by atoms with van der Waals surface area (Å²) in [6.07, 6.45) is -5.99. The SMILES string of the molecule is O=C(c1cc(F)cc2[nH]cnc12)N(CCC(F)(F)F)C[C@H](O)CO. The van der Waals surface area contributed by atoms with Gasteiger partial charge in [-0.2, -0.15) is 13.2 Å². The first-order valence-corrected chi connectivity index (χ1v) is 6.99. The zero-order valence-electron chi connectivity index (χ0n) is 12.3. The van der Waals surface area contributed by atoms with E-state index in [1.54, 1.807) is 0 Å². The largest absolute Gasteiger partial charge is 0.394 e. The van der Waals surface area contributed by atoms with Gasteiger partial charge >= 0.3 is 6.18 Å². The minimum atomic E-state index is -4.51. The first-order chi connectivity index (χ1) is 11.2. The summed E-state index contributed by atoms with van der Waals surface area (Å²) in [6.45, 7) is -1.98. The zero-order chi connectivity index (χ0) is 17.9. The molecule has 10 heteroatoms. The minimum absolute atomic E-state index is 0.108. The van der Waals surface area contributed by atoms with Gasteiger partial charge in [-0.1, -0.05) is 0 Å². The topological polar surface area (TPSA) is 89.5 Å². The summed E-state index contributed by atoms with van der Waals surface area (Å²) in [5.41, 5.74) is 0.104. The summed E-state index contributed by atoms with van der Waals surface area (Å²) in [5, 5.41) is 18.3. The van der Waals surface area contributed by atoms with E-state index in [1.165, 1.54) is 6.33 Å². The summed E-state index contributed by atoms with van der Waals surface area (Å²) < 4.78 is 50.9. The molecule has 1 amide bonds. The quantitative estimate of drug-likeness (QED) is 0.689. The lowest BCUT2D eigenvalue weighted by atomic mass is 10.1. The highest BCUT2D eigenvalue weighted by molar-refractivity contribution is 6.04. The predicted octanol–water partition coefficient (Wildman–Crippen LogP) is 1.45. The fourth-order valence-electron chi connectivity index (χ4n) is 2.20. The number of aliphatic hydroxyl groups is 2. The van der Waals surface area contributed by atoms with Gasteiger partial charge in [-0.3, -0.25) is 4.79 Å². The molecule has 0 fully saturated rings. The van der Waals surface area contributed by atoms with Crippen LogP contribution in [0.4, 0.5) is 17.6 Å². The Bertz CT molecular complexity index is 717. The van der Waals surface area contributed by atoms with E-state index >= 15 is 0 Å². The van der Waals surface area contributed by atoms with E-state index in [0.717, 1.165) is 17.0 Å². The summed E-state index contributed by atoms with van der Waals surface area (Å²) in [4.78, 5) is 19.7. The number of benzene rings is 1. The van der Waals surface area contributed by atoms with E-state index in [9.17, 15) is 27.5 Å². The van der Waals surface area contributed by atoms with E-state index in [0.29, 0.717) is 0 Å². The summed E-state index contributed by atoms with van der Waals surface area (Å²) in [5.74, 6) is -1.67. The highest BCUT2D eigenvalue weighted by Crippen LogP contribution is 2.23. The van der Waals surface area contributed by atoms with Crippen molar-refractivity contribution in [1.82, 2.24) is 14.9 Å². The molecule has 0 aliphatic rings. The number of aromatic amines is 1. The fraction of sp³-hybridized carbons (Fsp3) is 0.429. The Morgan fingerprint density at radius 1 is 1.38 bits per heavy atom. The Kier molecular flexibility index (Phi) is 5.40. The van der Waals surface area contributed by atoms with E-state index in [4.69, 9.17) is 5.11 Å². The third-order valence-electron chi connectivity index (χ3n) is 3.31. The van der Waals surface area contributed by atoms with Crippen LogP contribution in [0, 0.1) is 5.82 Å². The van der Waals surface area contributed by atoms with Crippen molar-refractivity contribution in [3.63, 3.8) is 0 Å². The number of nitrogens with zero attached hydrogens (tertiary/aromatic N) is 2. The van der Waals surface area contributed by atoms with Gasteiger partial charge in [0.2, 0.25) is 0 Å². The van der Waals surface area contributed by atoms with E-state index in [2.05, 4.69) is 9.97 Å². The van der Waals surface area contributed by atoms with Gasteiger partial charge in [-0.15, -0.1) is 0 Å². The number of carbonyl (C=O) groups is 1. The van der Waals surface area contributed by atoms with Gasteiger partial charge in [-0.05, 0) is 12.1 Å².